The van der Waals surface area contributed by atoms with Crippen molar-refractivity contribution >= 4 is 11.6 Å². The summed E-state index contributed by atoms with van der Waals surface area (Å²) in [5.74, 6) is 2.32. The molecule has 0 atom stereocenters. The summed E-state index contributed by atoms with van der Waals surface area (Å²) in [4.78, 5) is 11.9. The van der Waals surface area contributed by atoms with E-state index in [9.17, 15) is 4.79 Å². The Hall–Kier alpha value is -3.05. The molecular formula is C20H20N2O3. The maximum atomic E-state index is 11.9. The molecule has 1 aromatic heterocycles. The highest BCUT2D eigenvalue weighted by Crippen LogP contribution is 2.22. The van der Waals surface area contributed by atoms with Gasteiger partial charge < -0.3 is 19.8 Å². The summed E-state index contributed by atoms with van der Waals surface area (Å²) in [6, 6.07) is 20.6. The van der Waals surface area contributed by atoms with Crippen LogP contribution in [0.5, 0.6) is 11.5 Å². The molecular weight excluding hydrogens is 316 g/mol. The standard InChI is InChI=1S/C20H20N2O3/c23-20(12-13-21-15-19-7-4-14-24-19)22-16-8-10-18(11-9-16)25-17-5-2-1-3-6-17/h1-11,14,21H,12-13,15H2,(H,22,23). The minimum atomic E-state index is -0.0383. The molecule has 1 heterocycles. The van der Waals surface area contributed by atoms with E-state index in [4.69, 9.17) is 9.15 Å². The highest BCUT2D eigenvalue weighted by atomic mass is 16.5. The third kappa shape index (κ3) is 5.51. The Balaban J connectivity index is 1.40. The average molecular weight is 336 g/mol. The molecule has 0 aliphatic carbocycles. The monoisotopic (exact) mass is 336 g/mol. The summed E-state index contributed by atoms with van der Waals surface area (Å²) in [7, 11) is 0. The minimum Gasteiger partial charge on any atom is -0.468 e. The van der Waals surface area contributed by atoms with Gasteiger partial charge in [0.1, 0.15) is 17.3 Å². The molecule has 0 saturated heterocycles. The fourth-order valence-electron chi connectivity index (χ4n) is 2.28. The SMILES string of the molecule is O=C(CCNCc1ccco1)Nc1ccc(Oc2ccccc2)cc1. The molecule has 0 spiro atoms. The highest BCUT2D eigenvalue weighted by molar-refractivity contribution is 5.90. The number of carbonyl (C=O) groups excluding carboxylic acids is 1. The number of nitrogens with one attached hydrogen (secondary N) is 2. The lowest BCUT2D eigenvalue weighted by molar-refractivity contribution is -0.116. The van der Waals surface area contributed by atoms with E-state index in [0.29, 0.717) is 19.5 Å². The number of benzene rings is 2. The number of anilines is 1. The maximum Gasteiger partial charge on any atom is 0.225 e. The lowest BCUT2D eigenvalue weighted by Gasteiger charge is -2.08. The van der Waals surface area contributed by atoms with Gasteiger partial charge in [0.25, 0.3) is 0 Å². The third-order valence-electron chi connectivity index (χ3n) is 3.53. The minimum absolute atomic E-state index is 0.0383. The summed E-state index contributed by atoms with van der Waals surface area (Å²) < 4.78 is 10.9. The van der Waals surface area contributed by atoms with Crippen LogP contribution in [-0.2, 0) is 11.3 Å². The number of furan rings is 1. The first-order valence-electron chi connectivity index (χ1n) is 8.15. The van der Waals surface area contributed by atoms with Crippen molar-refractivity contribution in [3.05, 3.63) is 78.8 Å². The van der Waals surface area contributed by atoms with Gasteiger partial charge >= 0.3 is 0 Å². The van der Waals surface area contributed by atoms with Crippen LogP contribution < -0.4 is 15.4 Å². The van der Waals surface area contributed by atoms with Gasteiger partial charge in [-0.3, -0.25) is 4.79 Å². The fourth-order valence-corrected chi connectivity index (χ4v) is 2.28. The number of rotatable bonds is 8. The molecule has 0 unspecified atom stereocenters. The van der Waals surface area contributed by atoms with Gasteiger partial charge in [-0.25, -0.2) is 0 Å². The molecule has 1 amide bonds. The van der Waals surface area contributed by atoms with Crippen molar-refractivity contribution in [2.24, 2.45) is 0 Å². The van der Waals surface area contributed by atoms with Crippen LogP contribution in [0.1, 0.15) is 12.2 Å². The van der Waals surface area contributed by atoms with Crippen molar-refractivity contribution in [1.82, 2.24) is 5.32 Å². The molecule has 2 N–H and O–H groups in total. The van der Waals surface area contributed by atoms with Crippen molar-refractivity contribution < 1.29 is 13.9 Å². The van der Waals surface area contributed by atoms with Crippen LogP contribution in [0.4, 0.5) is 5.69 Å². The molecule has 128 valence electrons. The predicted molar refractivity (Wildman–Crippen MR) is 96.6 cm³/mol. The summed E-state index contributed by atoms with van der Waals surface area (Å²) in [5, 5.41) is 6.04. The molecule has 0 radical (unpaired) electrons. The normalized spacial score (nSPS) is 10.4. The maximum absolute atomic E-state index is 11.9. The van der Waals surface area contributed by atoms with Crippen molar-refractivity contribution in [1.29, 1.82) is 0 Å². The second-order valence-electron chi connectivity index (χ2n) is 5.49. The second-order valence-corrected chi connectivity index (χ2v) is 5.49. The summed E-state index contributed by atoms with van der Waals surface area (Å²) in [6.45, 7) is 1.20. The van der Waals surface area contributed by atoms with E-state index < -0.39 is 0 Å². The molecule has 25 heavy (non-hydrogen) atoms. The molecule has 0 saturated carbocycles. The zero-order chi connectivity index (χ0) is 17.3. The van der Waals surface area contributed by atoms with Gasteiger partial charge in [0, 0.05) is 18.7 Å². The van der Waals surface area contributed by atoms with Crippen LogP contribution in [0.3, 0.4) is 0 Å². The molecule has 0 fully saturated rings. The molecule has 3 rings (SSSR count). The van der Waals surface area contributed by atoms with Gasteiger partial charge in [-0.05, 0) is 48.5 Å². The highest BCUT2D eigenvalue weighted by Gasteiger charge is 2.03. The number of hydrogen-bond donors (Lipinski definition) is 2. The van der Waals surface area contributed by atoms with Crippen LogP contribution in [0, 0.1) is 0 Å². The van der Waals surface area contributed by atoms with Gasteiger partial charge in [0.2, 0.25) is 5.91 Å². The summed E-state index contributed by atoms with van der Waals surface area (Å²) in [5.41, 5.74) is 0.747. The first-order valence-corrected chi connectivity index (χ1v) is 8.15. The molecule has 5 heteroatoms. The molecule has 3 aromatic rings. The lowest BCUT2D eigenvalue weighted by Crippen LogP contribution is -2.21. The van der Waals surface area contributed by atoms with E-state index in [1.54, 1.807) is 6.26 Å². The molecule has 0 bridgehead atoms. The Labute approximate surface area is 146 Å². The molecule has 0 aliphatic heterocycles. The van der Waals surface area contributed by atoms with E-state index in [1.807, 2.05) is 66.7 Å². The smallest absolute Gasteiger partial charge is 0.225 e. The van der Waals surface area contributed by atoms with Crippen LogP contribution in [0.15, 0.2) is 77.4 Å². The quantitative estimate of drug-likeness (QED) is 0.606. The number of hydrogen-bond acceptors (Lipinski definition) is 4. The van der Waals surface area contributed by atoms with E-state index >= 15 is 0 Å². The lowest BCUT2D eigenvalue weighted by atomic mass is 10.3. The van der Waals surface area contributed by atoms with E-state index in [-0.39, 0.29) is 5.91 Å². The third-order valence-corrected chi connectivity index (χ3v) is 3.53. The first-order chi connectivity index (χ1) is 12.3. The number of carbonyl (C=O) groups is 1. The Kier molecular flexibility index (Phi) is 5.85. The molecule has 2 aromatic carbocycles. The Morgan fingerprint density at radius 3 is 2.40 bits per heavy atom. The topological polar surface area (TPSA) is 63.5 Å². The van der Waals surface area contributed by atoms with Gasteiger partial charge in [-0.15, -0.1) is 0 Å². The summed E-state index contributed by atoms with van der Waals surface area (Å²) >= 11 is 0. The van der Waals surface area contributed by atoms with Crippen molar-refractivity contribution in [2.75, 3.05) is 11.9 Å². The summed E-state index contributed by atoms with van der Waals surface area (Å²) in [6.07, 6.45) is 2.03. The van der Waals surface area contributed by atoms with Crippen molar-refractivity contribution in [3.8, 4) is 11.5 Å². The second kappa shape index (κ2) is 8.70. The van der Waals surface area contributed by atoms with Crippen LogP contribution in [0.2, 0.25) is 0 Å². The average Bonchev–Trinajstić information content (AvgIpc) is 3.15. The van der Waals surface area contributed by atoms with Gasteiger partial charge in [-0.2, -0.15) is 0 Å². The van der Waals surface area contributed by atoms with Gasteiger partial charge in [0.05, 0.1) is 12.8 Å². The predicted octanol–water partition coefficient (Wildman–Crippen LogP) is 4.19. The van der Waals surface area contributed by atoms with E-state index in [2.05, 4.69) is 10.6 Å². The Morgan fingerprint density at radius 2 is 1.68 bits per heavy atom. The molecule has 5 nitrogen and oxygen atoms in total. The van der Waals surface area contributed by atoms with E-state index in [1.165, 1.54) is 0 Å². The Morgan fingerprint density at radius 1 is 0.920 bits per heavy atom. The van der Waals surface area contributed by atoms with Crippen LogP contribution in [0.25, 0.3) is 0 Å². The van der Waals surface area contributed by atoms with Crippen molar-refractivity contribution in [3.63, 3.8) is 0 Å². The number of para-hydroxylation sites is 1. The van der Waals surface area contributed by atoms with Gasteiger partial charge in [-0.1, -0.05) is 18.2 Å². The fraction of sp³-hybridized carbons (Fsp3) is 0.150. The van der Waals surface area contributed by atoms with E-state index in [0.717, 1.165) is 22.9 Å². The van der Waals surface area contributed by atoms with Crippen LogP contribution in [-0.4, -0.2) is 12.5 Å². The largest absolute Gasteiger partial charge is 0.468 e. The molecule has 0 aliphatic rings. The number of ether oxygens (including phenoxy) is 1. The van der Waals surface area contributed by atoms with Crippen LogP contribution >= 0.6 is 0 Å². The zero-order valence-corrected chi connectivity index (χ0v) is 13.8. The van der Waals surface area contributed by atoms with Crippen molar-refractivity contribution in [2.45, 2.75) is 13.0 Å². The Bertz CT molecular complexity index is 768. The first kappa shape index (κ1) is 16.8. The number of amides is 1. The zero-order valence-electron chi connectivity index (χ0n) is 13.8. The van der Waals surface area contributed by atoms with Gasteiger partial charge in [0.15, 0.2) is 0 Å².